The van der Waals surface area contributed by atoms with Gasteiger partial charge in [0.1, 0.15) is 5.82 Å². The van der Waals surface area contributed by atoms with Gasteiger partial charge in [-0.2, -0.15) is 0 Å². The van der Waals surface area contributed by atoms with Crippen LogP contribution in [0.5, 0.6) is 0 Å². The molecular formula is C14H15N3O2S. The van der Waals surface area contributed by atoms with Crippen molar-refractivity contribution in [2.45, 2.75) is 30.5 Å². The maximum Gasteiger partial charge on any atom is 0.313 e. The lowest BCUT2D eigenvalue weighted by atomic mass is 10.2. The highest BCUT2D eigenvalue weighted by Gasteiger charge is 2.30. The van der Waals surface area contributed by atoms with Crippen LogP contribution >= 0.6 is 11.8 Å². The van der Waals surface area contributed by atoms with Gasteiger partial charge in [0.2, 0.25) is 0 Å². The first-order chi connectivity index (χ1) is 9.74. The van der Waals surface area contributed by atoms with Gasteiger partial charge < -0.3 is 9.67 Å². The smallest absolute Gasteiger partial charge is 0.313 e. The van der Waals surface area contributed by atoms with Gasteiger partial charge in [0.15, 0.2) is 5.16 Å². The standard InChI is InChI=1S/C14H15N3O2S/c18-12(19)9-20-14-16-15-13(11-6-7-11)17(14)8-10-4-2-1-3-5-10/h1-5,11H,6-9H2,(H,18,19). The van der Waals surface area contributed by atoms with Gasteiger partial charge >= 0.3 is 5.97 Å². The summed E-state index contributed by atoms with van der Waals surface area (Å²) in [7, 11) is 0. The van der Waals surface area contributed by atoms with Crippen molar-refractivity contribution >= 4 is 17.7 Å². The molecule has 6 heteroatoms. The summed E-state index contributed by atoms with van der Waals surface area (Å²) in [5.41, 5.74) is 1.17. The number of aliphatic carboxylic acids is 1. The molecule has 1 aromatic carbocycles. The van der Waals surface area contributed by atoms with Crippen molar-refractivity contribution < 1.29 is 9.90 Å². The quantitative estimate of drug-likeness (QED) is 0.827. The van der Waals surface area contributed by atoms with Gasteiger partial charge in [-0.15, -0.1) is 10.2 Å². The number of hydrogen-bond acceptors (Lipinski definition) is 4. The van der Waals surface area contributed by atoms with Gasteiger partial charge in [-0.25, -0.2) is 0 Å². The molecule has 1 N–H and O–H groups in total. The van der Waals surface area contributed by atoms with Crippen LogP contribution in [0.3, 0.4) is 0 Å². The highest BCUT2D eigenvalue weighted by Crippen LogP contribution is 2.40. The van der Waals surface area contributed by atoms with E-state index in [1.54, 1.807) is 0 Å². The molecule has 104 valence electrons. The van der Waals surface area contributed by atoms with Crippen LogP contribution in [0.2, 0.25) is 0 Å². The van der Waals surface area contributed by atoms with Crippen LogP contribution in [-0.4, -0.2) is 31.6 Å². The highest BCUT2D eigenvalue weighted by molar-refractivity contribution is 7.99. The molecule has 20 heavy (non-hydrogen) atoms. The first-order valence-corrected chi connectivity index (χ1v) is 7.54. The SMILES string of the molecule is O=C(O)CSc1nnc(C2CC2)n1Cc1ccccc1. The summed E-state index contributed by atoms with van der Waals surface area (Å²) in [6, 6.07) is 10.1. The third-order valence-electron chi connectivity index (χ3n) is 3.20. The Hall–Kier alpha value is -1.82. The van der Waals surface area contributed by atoms with Crippen LogP contribution in [0.25, 0.3) is 0 Å². The van der Waals surface area contributed by atoms with Gasteiger partial charge in [0, 0.05) is 5.92 Å². The molecule has 0 amide bonds. The number of benzene rings is 1. The lowest BCUT2D eigenvalue weighted by Gasteiger charge is -2.09. The molecule has 1 saturated carbocycles. The van der Waals surface area contributed by atoms with Crippen LogP contribution in [-0.2, 0) is 11.3 Å². The summed E-state index contributed by atoms with van der Waals surface area (Å²) in [4.78, 5) is 10.7. The maximum atomic E-state index is 10.7. The Morgan fingerprint density at radius 2 is 2.05 bits per heavy atom. The number of carbonyl (C=O) groups is 1. The third kappa shape index (κ3) is 3.01. The summed E-state index contributed by atoms with van der Waals surface area (Å²) in [6.07, 6.45) is 2.30. The minimum Gasteiger partial charge on any atom is -0.481 e. The second kappa shape index (κ2) is 5.66. The normalized spacial score (nSPS) is 14.4. The molecule has 5 nitrogen and oxygen atoms in total. The van der Waals surface area contributed by atoms with Gasteiger partial charge in [-0.3, -0.25) is 4.79 Å². The second-order valence-corrected chi connectivity index (χ2v) is 5.81. The van der Waals surface area contributed by atoms with E-state index in [2.05, 4.69) is 26.9 Å². The van der Waals surface area contributed by atoms with E-state index < -0.39 is 5.97 Å². The molecule has 0 radical (unpaired) electrons. The zero-order valence-corrected chi connectivity index (χ0v) is 11.7. The fourth-order valence-electron chi connectivity index (χ4n) is 2.09. The number of nitrogens with zero attached hydrogens (tertiary/aromatic N) is 3. The number of carboxylic acid groups (broad SMARTS) is 1. The van der Waals surface area contributed by atoms with E-state index >= 15 is 0 Å². The Balaban J connectivity index is 1.85. The van der Waals surface area contributed by atoms with Crippen molar-refractivity contribution in [2.75, 3.05) is 5.75 Å². The molecular weight excluding hydrogens is 274 g/mol. The zero-order valence-electron chi connectivity index (χ0n) is 10.9. The van der Waals surface area contributed by atoms with Crippen LogP contribution in [0, 0.1) is 0 Å². The molecule has 0 bridgehead atoms. The van der Waals surface area contributed by atoms with E-state index in [-0.39, 0.29) is 5.75 Å². The van der Waals surface area contributed by atoms with Crippen molar-refractivity contribution in [3.8, 4) is 0 Å². The fraction of sp³-hybridized carbons (Fsp3) is 0.357. The Bertz CT molecular complexity index is 608. The number of thioether (sulfide) groups is 1. The summed E-state index contributed by atoms with van der Waals surface area (Å²) < 4.78 is 2.06. The molecule has 0 atom stereocenters. The topological polar surface area (TPSA) is 68.0 Å². The molecule has 1 heterocycles. The molecule has 1 aliphatic carbocycles. The number of carboxylic acids is 1. The van der Waals surface area contributed by atoms with Crippen molar-refractivity contribution in [3.05, 3.63) is 41.7 Å². The largest absolute Gasteiger partial charge is 0.481 e. The monoisotopic (exact) mass is 289 g/mol. The van der Waals surface area contributed by atoms with Gasteiger partial charge in [0.05, 0.1) is 12.3 Å². The Labute approximate surface area is 121 Å². The molecule has 1 fully saturated rings. The Morgan fingerprint density at radius 1 is 1.30 bits per heavy atom. The van der Waals surface area contributed by atoms with Crippen LogP contribution < -0.4 is 0 Å². The average molecular weight is 289 g/mol. The first kappa shape index (κ1) is 13.2. The highest BCUT2D eigenvalue weighted by atomic mass is 32.2. The Morgan fingerprint density at radius 3 is 2.70 bits per heavy atom. The zero-order chi connectivity index (χ0) is 13.9. The predicted octanol–water partition coefficient (Wildman–Crippen LogP) is 2.38. The summed E-state index contributed by atoms with van der Waals surface area (Å²) >= 11 is 1.23. The van der Waals surface area contributed by atoms with E-state index in [1.807, 2.05) is 18.2 Å². The molecule has 2 aromatic rings. The van der Waals surface area contributed by atoms with E-state index in [0.717, 1.165) is 18.7 Å². The molecule has 0 aliphatic heterocycles. The number of rotatable bonds is 6. The number of hydrogen-bond donors (Lipinski definition) is 1. The van der Waals surface area contributed by atoms with Crippen LogP contribution in [0.15, 0.2) is 35.5 Å². The predicted molar refractivity (Wildman–Crippen MR) is 75.9 cm³/mol. The Kier molecular flexibility index (Phi) is 3.73. The van der Waals surface area contributed by atoms with Gasteiger partial charge in [-0.1, -0.05) is 42.1 Å². The summed E-state index contributed by atoms with van der Waals surface area (Å²) in [5.74, 6) is 0.654. The van der Waals surface area contributed by atoms with Crippen molar-refractivity contribution in [2.24, 2.45) is 0 Å². The van der Waals surface area contributed by atoms with E-state index in [1.165, 1.54) is 17.3 Å². The summed E-state index contributed by atoms with van der Waals surface area (Å²) in [6.45, 7) is 0.696. The fourth-order valence-corrected chi connectivity index (χ4v) is 2.76. The number of aromatic nitrogens is 3. The van der Waals surface area contributed by atoms with Crippen molar-refractivity contribution in [1.82, 2.24) is 14.8 Å². The molecule has 3 rings (SSSR count). The summed E-state index contributed by atoms with van der Waals surface area (Å²) in [5, 5.41) is 17.9. The molecule has 0 spiro atoms. The van der Waals surface area contributed by atoms with Gasteiger partial charge in [0.25, 0.3) is 0 Å². The molecule has 1 aliphatic rings. The minimum atomic E-state index is -0.836. The van der Waals surface area contributed by atoms with Gasteiger partial charge in [-0.05, 0) is 18.4 Å². The third-order valence-corrected chi connectivity index (χ3v) is 4.15. The second-order valence-electron chi connectivity index (χ2n) is 4.87. The molecule has 0 saturated heterocycles. The minimum absolute atomic E-state index is 0.0115. The van der Waals surface area contributed by atoms with E-state index in [4.69, 9.17) is 5.11 Å². The molecule has 0 unspecified atom stereocenters. The maximum absolute atomic E-state index is 10.7. The first-order valence-electron chi connectivity index (χ1n) is 6.55. The molecule has 1 aromatic heterocycles. The lowest BCUT2D eigenvalue weighted by molar-refractivity contribution is -0.133. The average Bonchev–Trinajstić information content (AvgIpc) is 3.21. The lowest BCUT2D eigenvalue weighted by Crippen LogP contribution is -2.07. The van der Waals surface area contributed by atoms with E-state index in [9.17, 15) is 4.79 Å². The van der Waals surface area contributed by atoms with Crippen LogP contribution in [0.1, 0.15) is 30.1 Å². The van der Waals surface area contributed by atoms with Crippen molar-refractivity contribution in [3.63, 3.8) is 0 Å². The van der Waals surface area contributed by atoms with E-state index in [0.29, 0.717) is 17.6 Å². The van der Waals surface area contributed by atoms with Crippen molar-refractivity contribution in [1.29, 1.82) is 0 Å². The van der Waals surface area contributed by atoms with Crippen LogP contribution in [0.4, 0.5) is 0 Å².